The lowest BCUT2D eigenvalue weighted by atomic mass is 10.2. The van der Waals surface area contributed by atoms with Crippen LogP contribution in [0.15, 0.2) is 40.7 Å². The molecule has 2 N–H and O–H groups in total. The second-order valence-electron chi connectivity index (χ2n) is 4.90. The summed E-state index contributed by atoms with van der Waals surface area (Å²) in [6.45, 7) is -1.08. The number of guanidine groups is 1. The van der Waals surface area contributed by atoms with Crippen LogP contribution in [0.1, 0.15) is 23.4 Å². The van der Waals surface area contributed by atoms with Gasteiger partial charge in [0.2, 0.25) is 0 Å². The van der Waals surface area contributed by atoms with Gasteiger partial charge in [0.05, 0.1) is 6.04 Å². The molecule has 2 aromatic rings. The van der Waals surface area contributed by atoms with Crippen molar-refractivity contribution in [2.24, 2.45) is 4.99 Å². The minimum Gasteiger partial charge on any atom is -0.434 e. The molecule has 0 radical (unpaired) electrons. The smallest absolute Gasteiger partial charge is 0.387 e. The standard InChI is InChI=1S/C16H18F3N3OS.HI/c1-10(14-7-4-8-24-14)22-16(20-2)21-9-11-12(17)5-3-6-13(11)23-15(18)19;/h3-8,10,15H,9H2,1-2H3,(H2,20,21,22);1H. The second kappa shape index (κ2) is 10.5. The molecule has 1 aromatic heterocycles. The SMILES string of the molecule is CN=C(NCc1c(F)cccc1OC(F)F)NC(C)c1cccs1.I. The Morgan fingerprint density at radius 1 is 1.28 bits per heavy atom. The summed E-state index contributed by atoms with van der Waals surface area (Å²) in [5.74, 6) is -0.385. The van der Waals surface area contributed by atoms with Crippen LogP contribution in [0.2, 0.25) is 0 Å². The quantitative estimate of drug-likeness (QED) is 0.359. The maximum Gasteiger partial charge on any atom is 0.387 e. The van der Waals surface area contributed by atoms with Gasteiger partial charge in [-0.2, -0.15) is 8.78 Å². The largest absolute Gasteiger partial charge is 0.434 e. The number of ether oxygens (including phenoxy) is 1. The van der Waals surface area contributed by atoms with Crippen LogP contribution in [0.4, 0.5) is 13.2 Å². The Kier molecular flexibility index (Phi) is 9.04. The lowest BCUT2D eigenvalue weighted by molar-refractivity contribution is -0.0506. The fraction of sp³-hybridized carbons (Fsp3) is 0.312. The third kappa shape index (κ3) is 6.38. The zero-order valence-corrected chi connectivity index (χ0v) is 16.8. The number of thiophene rings is 1. The van der Waals surface area contributed by atoms with Crippen molar-refractivity contribution in [1.82, 2.24) is 10.6 Å². The molecule has 1 heterocycles. The zero-order chi connectivity index (χ0) is 17.5. The summed E-state index contributed by atoms with van der Waals surface area (Å²) in [6, 6.07) is 7.76. The van der Waals surface area contributed by atoms with E-state index < -0.39 is 12.4 Å². The minimum atomic E-state index is -3.01. The van der Waals surface area contributed by atoms with Gasteiger partial charge in [0.1, 0.15) is 11.6 Å². The van der Waals surface area contributed by atoms with Crippen LogP contribution in [-0.2, 0) is 6.54 Å². The highest BCUT2D eigenvalue weighted by Crippen LogP contribution is 2.23. The first kappa shape index (κ1) is 21.6. The molecule has 0 aliphatic heterocycles. The highest BCUT2D eigenvalue weighted by atomic mass is 127. The van der Waals surface area contributed by atoms with E-state index in [-0.39, 0.29) is 47.9 Å². The molecule has 0 saturated heterocycles. The van der Waals surface area contributed by atoms with Crippen molar-refractivity contribution in [3.63, 3.8) is 0 Å². The van der Waals surface area contributed by atoms with Gasteiger partial charge in [-0.1, -0.05) is 12.1 Å². The Balaban J connectivity index is 0.00000312. The summed E-state index contributed by atoms with van der Waals surface area (Å²) in [5, 5.41) is 8.04. The van der Waals surface area contributed by atoms with Crippen LogP contribution in [0, 0.1) is 5.82 Å². The van der Waals surface area contributed by atoms with Crippen molar-refractivity contribution in [2.75, 3.05) is 7.05 Å². The van der Waals surface area contributed by atoms with E-state index in [0.29, 0.717) is 5.96 Å². The molecule has 0 fully saturated rings. The van der Waals surface area contributed by atoms with Crippen LogP contribution in [0.5, 0.6) is 5.75 Å². The molecule has 9 heteroatoms. The average Bonchev–Trinajstić information content (AvgIpc) is 3.07. The first-order chi connectivity index (χ1) is 11.5. The first-order valence-electron chi connectivity index (χ1n) is 7.24. The Morgan fingerprint density at radius 3 is 2.64 bits per heavy atom. The Morgan fingerprint density at radius 2 is 2.04 bits per heavy atom. The molecule has 1 atom stereocenters. The number of benzene rings is 1. The monoisotopic (exact) mass is 485 g/mol. The molecule has 0 bridgehead atoms. The molecule has 1 aromatic carbocycles. The Bertz CT molecular complexity index is 683. The third-order valence-corrected chi connectivity index (χ3v) is 4.33. The van der Waals surface area contributed by atoms with E-state index >= 15 is 0 Å². The van der Waals surface area contributed by atoms with E-state index in [1.54, 1.807) is 18.4 Å². The van der Waals surface area contributed by atoms with Gasteiger partial charge in [0, 0.05) is 24.0 Å². The van der Waals surface area contributed by atoms with Gasteiger partial charge >= 0.3 is 6.61 Å². The topological polar surface area (TPSA) is 45.7 Å². The van der Waals surface area contributed by atoms with Crippen molar-refractivity contribution in [3.8, 4) is 5.75 Å². The molecule has 0 amide bonds. The van der Waals surface area contributed by atoms with Gasteiger partial charge in [-0.15, -0.1) is 35.3 Å². The van der Waals surface area contributed by atoms with Gasteiger partial charge in [-0.25, -0.2) is 4.39 Å². The first-order valence-corrected chi connectivity index (χ1v) is 8.12. The Labute approximate surface area is 165 Å². The van der Waals surface area contributed by atoms with Gasteiger partial charge < -0.3 is 15.4 Å². The van der Waals surface area contributed by atoms with Crippen molar-refractivity contribution >= 4 is 41.3 Å². The number of hydrogen-bond acceptors (Lipinski definition) is 3. The van der Waals surface area contributed by atoms with Gasteiger partial charge in [0.15, 0.2) is 5.96 Å². The predicted molar refractivity (Wildman–Crippen MR) is 105 cm³/mol. The van der Waals surface area contributed by atoms with Crippen molar-refractivity contribution in [2.45, 2.75) is 26.1 Å². The van der Waals surface area contributed by atoms with Crippen LogP contribution in [-0.4, -0.2) is 19.6 Å². The van der Waals surface area contributed by atoms with E-state index in [0.717, 1.165) is 4.88 Å². The number of hydrogen-bond donors (Lipinski definition) is 2. The molecule has 4 nitrogen and oxygen atoms in total. The van der Waals surface area contributed by atoms with E-state index in [9.17, 15) is 13.2 Å². The Hall–Kier alpha value is -1.49. The summed E-state index contributed by atoms with van der Waals surface area (Å²) < 4.78 is 43.1. The van der Waals surface area contributed by atoms with E-state index in [1.165, 1.54) is 18.2 Å². The third-order valence-electron chi connectivity index (χ3n) is 3.27. The molecule has 2 rings (SSSR count). The number of nitrogens with one attached hydrogen (secondary N) is 2. The summed E-state index contributed by atoms with van der Waals surface area (Å²) in [5.41, 5.74) is 0.0181. The number of rotatable bonds is 6. The fourth-order valence-corrected chi connectivity index (χ4v) is 2.83. The second-order valence-corrected chi connectivity index (χ2v) is 5.88. The molecule has 0 spiro atoms. The van der Waals surface area contributed by atoms with Crippen LogP contribution >= 0.6 is 35.3 Å². The van der Waals surface area contributed by atoms with Crippen molar-refractivity contribution in [3.05, 3.63) is 52.0 Å². The fourth-order valence-electron chi connectivity index (χ4n) is 2.10. The maximum absolute atomic E-state index is 13.9. The number of aliphatic imine (C=N–C) groups is 1. The lowest BCUT2D eigenvalue weighted by Crippen LogP contribution is -2.38. The molecule has 0 saturated carbocycles. The van der Waals surface area contributed by atoms with Crippen LogP contribution < -0.4 is 15.4 Å². The summed E-state index contributed by atoms with van der Waals surface area (Å²) in [4.78, 5) is 5.18. The zero-order valence-electron chi connectivity index (χ0n) is 13.6. The van der Waals surface area contributed by atoms with E-state index in [2.05, 4.69) is 20.4 Å². The summed E-state index contributed by atoms with van der Waals surface area (Å²) in [7, 11) is 1.58. The minimum absolute atomic E-state index is 0. The molecule has 0 aliphatic rings. The highest BCUT2D eigenvalue weighted by molar-refractivity contribution is 14.0. The van der Waals surface area contributed by atoms with Gasteiger partial charge in [-0.05, 0) is 30.5 Å². The van der Waals surface area contributed by atoms with Gasteiger partial charge in [-0.3, -0.25) is 4.99 Å². The normalized spacial score (nSPS) is 12.5. The van der Waals surface area contributed by atoms with E-state index in [4.69, 9.17) is 0 Å². The van der Waals surface area contributed by atoms with Crippen molar-refractivity contribution < 1.29 is 17.9 Å². The molecular formula is C16H19F3IN3OS. The molecule has 138 valence electrons. The average molecular weight is 485 g/mol. The van der Waals surface area contributed by atoms with Gasteiger partial charge in [0.25, 0.3) is 0 Å². The highest BCUT2D eigenvalue weighted by Gasteiger charge is 2.15. The number of nitrogens with zero attached hydrogens (tertiary/aromatic N) is 1. The molecule has 1 unspecified atom stereocenters. The number of alkyl halides is 2. The van der Waals surface area contributed by atoms with Crippen LogP contribution in [0.25, 0.3) is 0 Å². The van der Waals surface area contributed by atoms with Crippen LogP contribution in [0.3, 0.4) is 0 Å². The lowest BCUT2D eigenvalue weighted by Gasteiger charge is -2.18. The van der Waals surface area contributed by atoms with Crippen molar-refractivity contribution in [1.29, 1.82) is 0 Å². The summed E-state index contributed by atoms with van der Waals surface area (Å²) >= 11 is 1.60. The van der Waals surface area contributed by atoms with E-state index in [1.807, 2.05) is 24.4 Å². The molecular weight excluding hydrogens is 466 g/mol. The maximum atomic E-state index is 13.9. The molecule has 25 heavy (non-hydrogen) atoms. The molecule has 0 aliphatic carbocycles. The predicted octanol–water partition coefficient (Wildman–Crippen LogP) is 4.53. The number of halogens is 4. The summed E-state index contributed by atoms with van der Waals surface area (Å²) in [6.07, 6.45) is 0.